The summed E-state index contributed by atoms with van der Waals surface area (Å²) >= 11 is 0. The maximum atomic E-state index is 13.7. The second-order valence-corrected chi connectivity index (χ2v) is 7.56. The summed E-state index contributed by atoms with van der Waals surface area (Å²) in [6.07, 6.45) is -0.310. The number of carbonyl (C=O) groups is 2. The molecule has 3 N–H and O–H groups in total. The highest BCUT2D eigenvalue weighted by molar-refractivity contribution is 7.91. The van der Waals surface area contributed by atoms with Gasteiger partial charge < -0.3 is 11.1 Å². The maximum Gasteiger partial charge on any atom is 0.255 e. The molecule has 2 rings (SSSR count). The maximum absolute atomic E-state index is 13.7. The standard InChI is InChI=1S/C17H16F2N2O4S/c18-13-8-4-7-12(15(13)19)17(23)21-14(16(20)22)9-10-26(24,25)11-5-2-1-3-6-11/h1-8,14H,9-10H2,(H2,20,22)(H,21,23)/t14-/m0/s1. The van der Waals surface area contributed by atoms with E-state index in [2.05, 4.69) is 5.32 Å². The van der Waals surface area contributed by atoms with Gasteiger partial charge in [0.05, 0.1) is 16.2 Å². The molecular weight excluding hydrogens is 366 g/mol. The molecule has 0 aliphatic heterocycles. The summed E-state index contributed by atoms with van der Waals surface area (Å²) in [6.45, 7) is 0. The third-order valence-corrected chi connectivity index (χ3v) is 5.39. The highest BCUT2D eigenvalue weighted by Gasteiger charge is 2.24. The van der Waals surface area contributed by atoms with Crippen LogP contribution in [0.25, 0.3) is 0 Å². The minimum atomic E-state index is -3.70. The Hall–Kier alpha value is -2.81. The third-order valence-electron chi connectivity index (χ3n) is 3.62. The SMILES string of the molecule is NC(=O)[C@H](CCS(=O)(=O)c1ccccc1)NC(=O)c1cccc(F)c1F. The van der Waals surface area contributed by atoms with Gasteiger partial charge in [-0.2, -0.15) is 0 Å². The van der Waals surface area contributed by atoms with Crippen LogP contribution < -0.4 is 11.1 Å². The Labute approximate surface area is 148 Å². The molecule has 0 radical (unpaired) electrons. The van der Waals surface area contributed by atoms with Gasteiger partial charge >= 0.3 is 0 Å². The average molecular weight is 382 g/mol. The molecule has 2 aromatic rings. The molecule has 1 atom stereocenters. The average Bonchev–Trinajstić information content (AvgIpc) is 2.61. The minimum Gasteiger partial charge on any atom is -0.368 e. The zero-order valence-electron chi connectivity index (χ0n) is 13.5. The molecule has 0 aliphatic rings. The highest BCUT2D eigenvalue weighted by atomic mass is 32.2. The molecule has 0 saturated carbocycles. The largest absolute Gasteiger partial charge is 0.368 e. The number of hydrogen-bond donors (Lipinski definition) is 2. The third kappa shape index (κ3) is 4.63. The van der Waals surface area contributed by atoms with Gasteiger partial charge in [0.15, 0.2) is 21.5 Å². The molecular formula is C17H16F2N2O4S. The molecule has 0 heterocycles. The number of primary amides is 1. The van der Waals surface area contributed by atoms with Crippen molar-refractivity contribution in [3.8, 4) is 0 Å². The van der Waals surface area contributed by atoms with Crippen LogP contribution in [0.5, 0.6) is 0 Å². The molecule has 2 aromatic carbocycles. The monoisotopic (exact) mass is 382 g/mol. The van der Waals surface area contributed by atoms with E-state index >= 15 is 0 Å². The summed E-state index contributed by atoms with van der Waals surface area (Å²) < 4.78 is 51.3. The Morgan fingerprint density at radius 2 is 1.69 bits per heavy atom. The van der Waals surface area contributed by atoms with Gasteiger partial charge in [-0.25, -0.2) is 17.2 Å². The molecule has 138 valence electrons. The molecule has 0 saturated heterocycles. The first-order chi connectivity index (χ1) is 12.2. The first kappa shape index (κ1) is 19.5. The molecule has 26 heavy (non-hydrogen) atoms. The Bertz CT molecular complexity index is 918. The summed E-state index contributed by atoms with van der Waals surface area (Å²) in [5.41, 5.74) is 4.57. The van der Waals surface area contributed by atoms with E-state index in [1.165, 1.54) is 12.1 Å². The number of halogens is 2. The van der Waals surface area contributed by atoms with E-state index in [-0.39, 0.29) is 11.3 Å². The predicted molar refractivity (Wildman–Crippen MR) is 89.9 cm³/mol. The lowest BCUT2D eigenvalue weighted by molar-refractivity contribution is -0.119. The number of benzene rings is 2. The lowest BCUT2D eigenvalue weighted by Gasteiger charge is -2.16. The minimum absolute atomic E-state index is 0.0609. The van der Waals surface area contributed by atoms with E-state index in [9.17, 15) is 26.8 Å². The van der Waals surface area contributed by atoms with Crippen LogP contribution in [0, 0.1) is 11.6 Å². The number of nitrogens with one attached hydrogen (secondary N) is 1. The molecule has 0 aliphatic carbocycles. The van der Waals surface area contributed by atoms with E-state index in [4.69, 9.17) is 5.73 Å². The number of amides is 2. The van der Waals surface area contributed by atoms with Gasteiger partial charge in [-0.05, 0) is 30.7 Å². The van der Waals surface area contributed by atoms with Crippen molar-refractivity contribution in [3.05, 3.63) is 65.7 Å². The molecule has 0 unspecified atom stereocenters. The van der Waals surface area contributed by atoms with Gasteiger partial charge in [0.25, 0.3) is 5.91 Å². The fraction of sp³-hybridized carbons (Fsp3) is 0.176. The van der Waals surface area contributed by atoms with Gasteiger partial charge in [0.2, 0.25) is 5.91 Å². The van der Waals surface area contributed by atoms with Crippen molar-refractivity contribution in [3.63, 3.8) is 0 Å². The van der Waals surface area contributed by atoms with Gasteiger partial charge in [-0.1, -0.05) is 24.3 Å². The first-order valence-corrected chi connectivity index (χ1v) is 9.19. The molecule has 9 heteroatoms. The van der Waals surface area contributed by atoms with Gasteiger partial charge in [-0.15, -0.1) is 0 Å². The number of carbonyl (C=O) groups excluding carboxylic acids is 2. The Kier molecular flexibility index (Phi) is 6.04. The van der Waals surface area contributed by atoms with Crippen molar-refractivity contribution in [2.45, 2.75) is 17.4 Å². The first-order valence-electron chi connectivity index (χ1n) is 7.54. The quantitative estimate of drug-likeness (QED) is 0.755. The number of rotatable bonds is 7. The van der Waals surface area contributed by atoms with E-state index in [0.29, 0.717) is 0 Å². The van der Waals surface area contributed by atoms with Crippen molar-refractivity contribution >= 4 is 21.7 Å². The summed E-state index contributed by atoms with van der Waals surface area (Å²) in [4.78, 5) is 23.6. The van der Waals surface area contributed by atoms with Crippen molar-refractivity contribution in [2.24, 2.45) is 5.73 Å². The van der Waals surface area contributed by atoms with Crippen LogP contribution in [-0.2, 0) is 14.6 Å². The number of nitrogens with two attached hydrogens (primary N) is 1. The Balaban J connectivity index is 2.11. The second kappa shape index (κ2) is 8.05. The van der Waals surface area contributed by atoms with Gasteiger partial charge in [-0.3, -0.25) is 9.59 Å². The smallest absolute Gasteiger partial charge is 0.255 e. The van der Waals surface area contributed by atoms with Crippen LogP contribution in [0.1, 0.15) is 16.8 Å². The van der Waals surface area contributed by atoms with Crippen LogP contribution in [0.2, 0.25) is 0 Å². The van der Waals surface area contributed by atoms with E-state index < -0.39 is 50.6 Å². The zero-order chi connectivity index (χ0) is 19.3. The van der Waals surface area contributed by atoms with Crippen LogP contribution in [-0.4, -0.2) is 32.0 Å². The van der Waals surface area contributed by atoms with Crippen LogP contribution >= 0.6 is 0 Å². The zero-order valence-corrected chi connectivity index (χ0v) is 14.3. The fourth-order valence-electron chi connectivity index (χ4n) is 2.22. The van der Waals surface area contributed by atoms with Gasteiger partial charge in [0.1, 0.15) is 6.04 Å². The van der Waals surface area contributed by atoms with Crippen LogP contribution in [0.4, 0.5) is 8.78 Å². The predicted octanol–water partition coefficient (Wildman–Crippen LogP) is 1.41. The van der Waals surface area contributed by atoms with Crippen LogP contribution in [0.15, 0.2) is 53.4 Å². The lowest BCUT2D eigenvalue weighted by Crippen LogP contribution is -2.45. The van der Waals surface area contributed by atoms with Crippen molar-refractivity contribution in [1.82, 2.24) is 5.32 Å². The molecule has 2 amide bonds. The molecule has 6 nitrogen and oxygen atoms in total. The van der Waals surface area contributed by atoms with Crippen LogP contribution in [0.3, 0.4) is 0 Å². The normalized spacial score (nSPS) is 12.4. The lowest BCUT2D eigenvalue weighted by atomic mass is 10.1. The summed E-state index contributed by atoms with van der Waals surface area (Å²) in [5.74, 6) is -5.11. The highest BCUT2D eigenvalue weighted by Crippen LogP contribution is 2.14. The molecule has 0 spiro atoms. The summed E-state index contributed by atoms with van der Waals surface area (Å²) in [6, 6.07) is 9.19. The Morgan fingerprint density at radius 3 is 2.31 bits per heavy atom. The topological polar surface area (TPSA) is 106 Å². The van der Waals surface area contributed by atoms with E-state index in [1.54, 1.807) is 18.2 Å². The summed E-state index contributed by atoms with van der Waals surface area (Å²) in [5, 5.41) is 2.14. The second-order valence-electron chi connectivity index (χ2n) is 5.45. The van der Waals surface area contributed by atoms with E-state index in [0.717, 1.165) is 18.2 Å². The van der Waals surface area contributed by atoms with Crippen molar-refractivity contribution in [1.29, 1.82) is 0 Å². The van der Waals surface area contributed by atoms with Crippen molar-refractivity contribution in [2.75, 3.05) is 5.75 Å². The van der Waals surface area contributed by atoms with Gasteiger partial charge in [0, 0.05) is 0 Å². The van der Waals surface area contributed by atoms with E-state index in [1.807, 2.05) is 0 Å². The number of hydrogen-bond acceptors (Lipinski definition) is 4. The Morgan fingerprint density at radius 1 is 1.04 bits per heavy atom. The van der Waals surface area contributed by atoms with Crippen molar-refractivity contribution < 1.29 is 26.8 Å². The fourth-order valence-corrected chi connectivity index (χ4v) is 3.57. The molecule has 0 fully saturated rings. The number of sulfone groups is 1. The molecule has 0 aromatic heterocycles. The molecule has 0 bridgehead atoms. The summed E-state index contributed by atoms with van der Waals surface area (Å²) in [7, 11) is -3.70.